The van der Waals surface area contributed by atoms with Crippen LogP contribution in [0.15, 0.2) is 68.3 Å². The zero-order chi connectivity index (χ0) is 27.8. The quantitative estimate of drug-likeness (QED) is 0.332. The van der Waals surface area contributed by atoms with Crippen molar-refractivity contribution in [2.45, 2.75) is 32.7 Å². The summed E-state index contributed by atoms with van der Waals surface area (Å²) in [6.07, 6.45) is 3.15. The summed E-state index contributed by atoms with van der Waals surface area (Å²) in [5.41, 5.74) is 3.71. The summed E-state index contributed by atoms with van der Waals surface area (Å²) < 4.78 is 16.1. The molecule has 1 atom stereocenters. The summed E-state index contributed by atoms with van der Waals surface area (Å²) in [5, 5.41) is 0. The van der Waals surface area contributed by atoms with E-state index >= 15 is 0 Å². The average Bonchev–Trinajstić information content (AvgIpc) is 3.35. The highest BCUT2D eigenvalue weighted by atomic mass is 32.1. The molecular weight excluding hydrogens is 516 g/mol. The third-order valence-corrected chi connectivity index (χ3v) is 7.88. The van der Waals surface area contributed by atoms with E-state index in [1.165, 1.54) is 11.3 Å². The van der Waals surface area contributed by atoms with Crippen LogP contribution in [0.25, 0.3) is 17.1 Å². The number of aromatic nitrogens is 3. The number of nitrogens with zero attached hydrogens (tertiary/aromatic N) is 4. The molecule has 2 aromatic heterocycles. The van der Waals surface area contributed by atoms with Gasteiger partial charge in [0.1, 0.15) is 5.75 Å². The maximum absolute atomic E-state index is 14.0. The molecule has 39 heavy (non-hydrogen) atoms. The highest BCUT2D eigenvalue weighted by Gasteiger charge is 2.34. The molecule has 0 N–H and O–H groups in total. The van der Waals surface area contributed by atoms with Gasteiger partial charge >= 0.3 is 11.7 Å². The number of imidazole rings is 1. The van der Waals surface area contributed by atoms with Gasteiger partial charge in [-0.2, -0.15) is 0 Å². The van der Waals surface area contributed by atoms with E-state index in [0.717, 1.165) is 28.6 Å². The number of carbonyl (C=O) groups excluding carboxylic acids is 1. The zero-order valence-corrected chi connectivity index (χ0v) is 23.4. The largest absolute Gasteiger partial charge is 0.497 e. The third-order valence-electron chi connectivity index (χ3n) is 6.90. The normalized spacial score (nSPS) is 15.4. The standard InChI is InChI=1S/C29H30N4O5S/c1-6-9-20-24(27(35)38-7-2)25(18-10-8-11-19(16-18)37-5)33-26(34)23(39-28(33)30-20)15-17-12-13-21-22(14-17)32(4)29(36)31(21)3/h8,10-16,25H,6-7,9H2,1-5H3/b23-15+/t25-/m0/s1. The summed E-state index contributed by atoms with van der Waals surface area (Å²) in [6.45, 7) is 3.99. The number of ether oxygens (including phenoxy) is 2. The topological polar surface area (TPSA) is 96.8 Å². The lowest BCUT2D eigenvalue weighted by Gasteiger charge is -2.26. The Bertz CT molecular complexity index is 1870. The van der Waals surface area contributed by atoms with Crippen molar-refractivity contribution < 1.29 is 14.3 Å². The molecule has 5 rings (SSSR count). The number of rotatable bonds is 7. The number of aryl methyl sites for hydroxylation is 2. The lowest BCUT2D eigenvalue weighted by atomic mass is 9.94. The number of thiazole rings is 1. The Morgan fingerprint density at radius 1 is 1.08 bits per heavy atom. The summed E-state index contributed by atoms with van der Waals surface area (Å²) in [5.74, 6) is 0.135. The van der Waals surface area contributed by atoms with Crippen molar-refractivity contribution in [2.75, 3.05) is 13.7 Å². The molecule has 0 fully saturated rings. The molecule has 1 aliphatic rings. The summed E-state index contributed by atoms with van der Waals surface area (Å²) in [6, 6.07) is 12.3. The molecule has 9 nitrogen and oxygen atoms in total. The lowest BCUT2D eigenvalue weighted by Crippen LogP contribution is -2.40. The Balaban J connectivity index is 1.76. The number of carbonyl (C=O) groups is 1. The molecule has 0 saturated carbocycles. The molecule has 0 saturated heterocycles. The van der Waals surface area contributed by atoms with E-state index in [1.54, 1.807) is 47.9 Å². The minimum atomic E-state index is -0.712. The van der Waals surface area contributed by atoms with Crippen LogP contribution in [-0.4, -0.2) is 33.4 Å². The van der Waals surface area contributed by atoms with Gasteiger partial charge in [-0.3, -0.25) is 18.5 Å². The first-order valence-electron chi connectivity index (χ1n) is 12.8. The van der Waals surface area contributed by atoms with Crippen molar-refractivity contribution in [3.8, 4) is 5.75 Å². The summed E-state index contributed by atoms with van der Waals surface area (Å²) >= 11 is 1.28. The Morgan fingerprint density at radius 2 is 1.85 bits per heavy atom. The van der Waals surface area contributed by atoms with E-state index in [4.69, 9.17) is 14.5 Å². The highest BCUT2D eigenvalue weighted by Crippen LogP contribution is 2.33. The molecule has 10 heteroatoms. The summed E-state index contributed by atoms with van der Waals surface area (Å²) in [4.78, 5) is 45.0. The van der Waals surface area contributed by atoms with Crippen LogP contribution < -0.4 is 25.3 Å². The van der Waals surface area contributed by atoms with E-state index in [2.05, 4.69) is 0 Å². The molecule has 1 aliphatic heterocycles. The molecule has 0 spiro atoms. The molecule has 0 bridgehead atoms. The third kappa shape index (κ3) is 4.54. The Hall–Kier alpha value is -4.18. The van der Waals surface area contributed by atoms with Crippen LogP contribution in [0.1, 0.15) is 43.9 Å². The first-order valence-corrected chi connectivity index (χ1v) is 13.6. The molecule has 202 valence electrons. The molecule has 2 aromatic carbocycles. The van der Waals surface area contributed by atoms with Crippen LogP contribution >= 0.6 is 11.3 Å². The minimum absolute atomic E-state index is 0.116. The second kappa shape index (κ2) is 10.5. The van der Waals surface area contributed by atoms with Crippen molar-refractivity contribution in [3.05, 3.63) is 95.0 Å². The number of esters is 1. The second-order valence-electron chi connectivity index (χ2n) is 9.34. The van der Waals surface area contributed by atoms with E-state index in [0.29, 0.717) is 32.8 Å². The van der Waals surface area contributed by atoms with Gasteiger partial charge in [0.05, 0.1) is 46.6 Å². The van der Waals surface area contributed by atoms with Crippen LogP contribution in [0.5, 0.6) is 5.75 Å². The van der Waals surface area contributed by atoms with Crippen LogP contribution in [0.2, 0.25) is 0 Å². The van der Waals surface area contributed by atoms with E-state index < -0.39 is 12.0 Å². The fourth-order valence-corrected chi connectivity index (χ4v) is 6.03. The number of hydrogen-bond donors (Lipinski definition) is 0. The Kier molecular flexibility index (Phi) is 7.14. The van der Waals surface area contributed by atoms with Crippen LogP contribution in [0.3, 0.4) is 0 Å². The van der Waals surface area contributed by atoms with Gasteiger partial charge in [0.25, 0.3) is 5.56 Å². The first kappa shape index (κ1) is 26.4. The number of benzene rings is 2. The van der Waals surface area contributed by atoms with E-state index in [1.807, 2.05) is 49.4 Å². The van der Waals surface area contributed by atoms with Gasteiger partial charge in [0.15, 0.2) is 4.80 Å². The smallest absolute Gasteiger partial charge is 0.338 e. The van der Waals surface area contributed by atoms with Gasteiger partial charge in [0.2, 0.25) is 0 Å². The van der Waals surface area contributed by atoms with Gasteiger partial charge < -0.3 is 9.47 Å². The first-order chi connectivity index (χ1) is 18.8. The molecule has 0 unspecified atom stereocenters. The van der Waals surface area contributed by atoms with Crippen molar-refractivity contribution in [2.24, 2.45) is 19.1 Å². The van der Waals surface area contributed by atoms with Crippen molar-refractivity contribution in [3.63, 3.8) is 0 Å². The van der Waals surface area contributed by atoms with Crippen LogP contribution in [-0.2, 0) is 23.6 Å². The Morgan fingerprint density at radius 3 is 2.56 bits per heavy atom. The van der Waals surface area contributed by atoms with Gasteiger partial charge in [-0.05, 0) is 54.8 Å². The molecule has 4 aromatic rings. The predicted molar refractivity (Wildman–Crippen MR) is 151 cm³/mol. The second-order valence-corrected chi connectivity index (χ2v) is 10.3. The van der Waals surface area contributed by atoms with Gasteiger partial charge in [-0.15, -0.1) is 0 Å². The molecular formula is C29H30N4O5S. The number of methoxy groups -OCH3 is 1. The van der Waals surface area contributed by atoms with Crippen LogP contribution in [0.4, 0.5) is 0 Å². The Labute approximate surface area is 228 Å². The summed E-state index contributed by atoms with van der Waals surface area (Å²) in [7, 11) is 5.03. The fourth-order valence-electron chi connectivity index (χ4n) is 5.01. The predicted octanol–water partition coefficient (Wildman–Crippen LogP) is 2.78. The minimum Gasteiger partial charge on any atom is -0.497 e. The molecule has 0 amide bonds. The fraction of sp³-hybridized carbons (Fsp3) is 0.310. The molecule has 0 radical (unpaired) electrons. The lowest BCUT2D eigenvalue weighted by molar-refractivity contribution is -0.139. The van der Waals surface area contributed by atoms with Crippen molar-refractivity contribution in [1.29, 1.82) is 0 Å². The number of fused-ring (bicyclic) bond motifs is 2. The SMILES string of the molecule is CCCC1=C(C(=O)OCC)[C@H](c2cccc(OC)c2)n2c(s/c(=C/c3ccc4c(c3)n(C)c(=O)n4C)c2=O)=N1. The van der Waals surface area contributed by atoms with Gasteiger partial charge in [0, 0.05) is 14.1 Å². The van der Waals surface area contributed by atoms with E-state index in [9.17, 15) is 14.4 Å². The van der Waals surface area contributed by atoms with Crippen molar-refractivity contribution in [1.82, 2.24) is 13.7 Å². The van der Waals surface area contributed by atoms with E-state index in [-0.39, 0.29) is 17.9 Å². The highest BCUT2D eigenvalue weighted by molar-refractivity contribution is 7.07. The van der Waals surface area contributed by atoms with Crippen LogP contribution in [0, 0.1) is 0 Å². The maximum atomic E-state index is 14.0. The monoisotopic (exact) mass is 546 g/mol. The number of allylic oxidation sites excluding steroid dienone is 1. The zero-order valence-electron chi connectivity index (χ0n) is 22.6. The average molecular weight is 547 g/mol. The molecule has 3 heterocycles. The van der Waals surface area contributed by atoms with Crippen molar-refractivity contribution >= 4 is 34.4 Å². The van der Waals surface area contributed by atoms with Gasteiger partial charge in [-0.25, -0.2) is 14.6 Å². The van der Waals surface area contributed by atoms with Gasteiger partial charge in [-0.1, -0.05) is 42.9 Å². The maximum Gasteiger partial charge on any atom is 0.338 e. The molecule has 0 aliphatic carbocycles. The number of hydrogen-bond acceptors (Lipinski definition) is 7.